The number of aromatic nitrogens is 1. The van der Waals surface area contributed by atoms with E-state index < -0.39 is 5.79 Å². The van der Waals surface area contributed by atoms with E-state index >= 15 is 0 Å². The van der Waals surface area contributed by atoms with Crippen LogP contribution in [0.25, 0.3) is 0 Å². The molecule has 0 atom stereocenters. The molecule has 0 radical (unpaired) electrons. The Morgan fingerprint density at radius 3 is 2.61 bits per heavy atom. The molecule has 2 heterocycles. The lowest BCUT2D eigenvalue weighted by Crippen LogP contribution is -2.35. The number of anilines is 1. The summed E-state index contributed by atoms with van der Waals surface area (Å²) in [5.41, 5.74) is 1.96. The van der Waals surface area contributed by atoms with E-state index in [0.717, 1.165) is 11.3 Å². The fourth-order valence-electron chi connectivity index (χ4n) is 1.47. The van der Waals surface area contributed by atoms with Gasteiger partial charge in [-0.15, -0.1) is 0 Å². The van der Waals surface area contributed by atoms with Crippen molar-refractivity contribution < 1.29 is 14.2 Å². The molecule has 1 aromatic heterocycles. The van der Waals surface area contributed by atoms with Gasteiger partial charge in [-0.2, -0.15) is 0 Å². The van der Waals surface area contributed by atoms with E-state index in [1.54, 1.807) is 19.4 Å². The van der Waals surface area contributed by atoms with Crippen molar-refractivity contribution in [2.75, 3.05) is 25.6 Å². The number of nitrogens with zero attached hydrogens (tertiary/aromatic N) is 1. The summed E-state index contributed by atoms with van der Waals surface area (Å²) in [6.07, 6.45) is 3.60. The zero-order valence-electron chi connectivity index (χ0n) is 10.9. The van der Waals surface area contributed by atoms with Crippen molar-refractivity contribution in [2.24, 2.45) is 0 Å². The summed E-state index contributed by atoms with van der Waals surface area (Å²) >= 11 is 0. The highest BCUT2D eigenvalue weighted by atomic mass is 16.7. The topological polar surface area (TPSA) is 52.6 Å². The molecule has 1 aromatic rings. The van der Waals surface area contributed by atoms with Crippen molar-refractivity contribution in [3.63, 3.8) is 0 Å². The third kappa shape index (κ3) is 3.45. The van der Waals surface area contributed by atoms with Crippen LogP contribution in [0.2, 0.25) is 0 Å². The van der Waals surface area contributed by atoms with Gasteiger partial charge < -0.3 is 19.5 Å². The quantitative estimate of drug-likeness (QED) is 0.891. The molecule has 1 saturated heterocycles. The predicted molar refractivity (Wildman–Crippen MR) is 68.5 cm³/mol. The van der Waals surface area contributed by atoms with E-state index in [4.69, 9.17) is 14.2 Å². The van der Waals surface area contributed by atoms with Crippen molar-refractivity contribution in [1.82, 2.24) is 4.98 Å². The summed E-state index contributed by atoms with van der Waals surface area (Å²) < 4.78 is 16.1. The molecule has 5 nitrogen and oxygen atoms in total. The average molecular weight is 250 g/mol. The fraction of sp³-hybridized carbons (Fsp3) is 0.462. The molecular formula is C13H18N2O3. The van der Waals surface area contributed by atoms with Crippen LogP contribution in [0.1, 0.15) is 13.8 Å². The SMILES string of the molecule is COc1ccc(NC=C2COC(C)(C)OC2)cn1. The first kappa shape index (κ1) is 12.9. The second kappa shape index (κ2) is 5.37. The van der Waals surface area contributed by atoms with E-state index in [0.29, 0.717) is 19.1 Å². The Hall–Kier alpha value is -1.59. The minimum absolute atomic E-state index is 0.487. The molecule has 0 aromatic carbocycles. The van der Waals surface area contributed by atoms with Crippen LogP contribution in [0, 0.1) is 0 Å². The van der Waals surface area contributed by atoms with E-state index in [-0.39, 0.29) is 0 Å². The molecule has 2 rings (SSSR count). The Bertz CT molecular complexity index is 414. The van der Waals surface area contributed by atoms with Crippen molar-refractivity contribution in [3.05, 3.63) is 30.1 Å². The first-order chi connectivity index (χ1) is 8.59. The summed E-state index contributed by atoms with van der Waals surface area (Å²) in [4.78, 5) is 4.11. The van der Waals surface area contributed by atoms with Crippen LogP contribution in [-0.4, -0.2) is 31.1 Å². The van der Waals surface area contributed by atoms with E-state index in [2.05, 4.69) is 10.3 Å². The molecular weight excluding hydrogens is 232 g/mol. The number of rotatable bonds is 3. The third-order valence-corrected chi connectivity index (χ3v) is 2.60. The number of ether oxygens (including phenoxy) is 3. The Balaban J connectivity index is 1.90. The van der Waals surface area contributed by atoms with Crippen LogP contribution in [-0.2, 0) is 9.47 Å². The van der Waals surface area contributed by atoms with Crippen LogP contribution in [0.15, 0.2) is 30.1 Å². The second-order valence-electron chi connectivity index (χ2n) is 4.51. The van der Waals surface area contributed by atoms with Gasteiger partial charge >= 0.3 is 0 Å². The number of methoxy groups -OCH3 is 1. The lowest BCUT2D eigenvalue weighted by molar-refractivity contribution is -0.225. The Kier molecular flexibility index (Phi) is 3.84. The van der Waals surface area contributed by atoms with Gasteiger partial charge in [-0.3, -0.25) is 0 Å². The van der Waals surface area contributed by atoms with Gasteiger partial charge in [0.25, 0.3) is 0 Å². The summed E-state index contributed by atoms with van der Waals surface area (Å²) in [5, 5.41) is 3.15. The molecule has 0 spiro atoms. The number of hydrogen-bond donors (Lipinski definition) is 1. The van der Waals surface area contributed by atoms with Crippen LogP contribution in [0.5, 0.6) is 5.88 Å². The minimum Gasteiger partial charge on any atom is -0.481 e. The highest BCUT2D eigenvalue weighted by Gasteiger charge is 2.24. The Labute approximate surface area is 107 Å². The molecule has 18 heavy (non-hydrogen) atoms. The third-order valence-electron chi connectivity index (χ3n) is 2.60. The molecule has 98 valence electrons. The van der Waals surface area contributed by atoms with Crippen molar-refractivity contribution in [3.8, 4) is 5.88 Å². The predicted octanol–water partition coefficient (Wildman–Crippen LogP) is 2.17. The minimum atomic E-state index is -0.487. The van der Waals surface area contributed by atoms with Gasteiger partial charge in [0.15, 0.2) is 5.79 Å². The maximum Gasteiger partial charge on any atom is 0.213 e. The zero-order chi connectivity index (χ0) is 13.0. The largest absolute Gasteiger partial charge is 0.481 e. The maximum absolute atomic E-state index is 5.54. The van der Waals surface area contributed by atoms with Crippen LogP contribution < -0.4 is 10.1 Å². The molecule has 1 aliphatic rings. The highest BCUT2D eigenvalue weighted by Crippen LogP contribution is 2.20. The number of hydrogen-bond acceptors (Lipinski definition) is 5. The molecule has 0 saturated carbocycles. The Morgan fingerprint density at radius 2 is 2.06 bits per heavy atom. The van der Waals surface area contributed by atoms with E-state index in [1.165, 1.54) is 0 Å². The van der Waals surface area contributed by atoms with Crippen LogP contribution in [0.3, 0.4) is 0 Å². The average Bonchev–Trinajstić information content (AvgIpc) is 2.38. The molecule has 0 aliphatic carbocycles. The van der Waals surface area contributed by atoms with Crippen molar-refractivity contribution >= 4 is 5.69 Å². The second-order valence-corrected chi connectivity index (χ2v) is 4.51. The Morgan fingerprint density at radius 1 is 1.33 bits per heavy atom. The summed E-state index contributed by atoms with van der Waals surface area (Å²) in [6, 6.07) is 3.70. The van der Waals surface area contributed by atoms with Gasteiger partial charge in [-0.05, 0) is 25.5 Å². The smallest absolute Gasteiger partial charge is 0.213 e. The monoisotopic (exact) mass is 250 g/mol. The first-order valence-electron chi connectivity index (χ1n) is 5.81. The molecule has 1 N–H and O–H groups in total. The normalized spacial score (nSPS) is 18.3. The molecule has 0 bridgehead atoms. The fourth-order valence-corrected chi connectivity index (χ4v) is 1.47. The first-order valence-corrected chi connectivity index (χ1v) is 5.81. The highest BCUT2D eigenvalue weighted by molar-refractivity contribution is 5.45. The summed E-state index contributed by atoms with van der Waals surface area (Å²) in [5.74, 6) is 0.109. The molecule has 1 fully saturated rings. The van der Waals surface area contributed by atoms with Crippen molar-refractivity contribution in [2.45, 2.75) is 19.6 Å². The maximum atomic E-state index is 5.54. The number of nitrogens with one attached hydrogen (secondary N) is 1. The lowest BCUT2D eigenvalue weighted by Gasteiger charge is -2.31. The van der Waals surface area contributed by atoms with Crippen molar-refractivity contribution in [1.29, 1.82) is 0 Å². The van der Waals surface area contributed by atoms with Gasteiger partial charge in [0, 0.05) is 12.3 Å². The lowest BCUT2D eigenvalue weighted by atomic mass is 10.2. The summed E-state index contributed by atoms with van der Waals surface area (Å²) in [6.45, 7) is 4.96. The number of pyridine rings is 1. The van der Waals surface area contributed by atoms with Crippen LogP contribution in [0.4, 0.5) is 5.69 Å². The van der Waals surface area contributed by atoms with Gasteiger partial charge in [-0.1, -0.05) is 0 Å². The zero-order valence-corrected chi connectivity index (χ0v) is 10.9. The molecule has 5 heteroatoms. The van der Waals surface area contributed by atoms with E-state index in [1.807, 2.05) is 26.1 Å². The summed E-state index contributed by atoms with van der Waals surface area (Å²) in [7, 11) is 1.59. The van der Waals surface area contributed by atoms with Gasteiger partial charge in [0.05, 0.1) is 32.2 Å². The van der Waals surface area contributed by atoms with Gasteiger partial charge in [0.1, 0.15) is 0 Å². The molecule has 0 unspecified atom stereocenters. The molecule has 0 amide bonds. The molecule has 1 aliphatic heterocycles. The van der Waals surface area contributed by atoms with Gasteiger partial charge in [-0.25, -0.2) is 4.98 Å². The standard InChI is InChI=1S/C13H18N2O3/c1-13(2)17-8-10(9-18-13)6-14-11-4-5-12(16-3)15-7-11/h4-7,14H,8-9H2,1-3H3. The van der Waals surface area contributed by atoms with Gasteiger partial charge in [0.2, 0.25) is 5.88 Å². The van der Waals surface area contributed by atoms with Crippen LogP contribution >= 0.6 is 0 Å². The van der Waals surface area contributed by atoms with E-state index in [9.17, 15) is 0 Å².